The highest BCUT2D eigenvalue weighted by Gasteiger charge is 2.27. The van der Waals surface area contributed by atoms with Crippen LogP contribution < -0.4 is 0 Å². The second-order valence-electron chi connectivity index (χ2n) is 6.86. The number of likely N-dealkylation sites (tertiary alicyclic amines) is 1. The Morgan fingerprint density at radius 2 is 1.93 bits per heavy atom. The second-order valence-corrected chi connectivity index (χ2v) is 6.86. The Labute approximate surface area is 157 Å². The Hall–Kier alpha value is -2.99. The number of carbonyl (C=O) groups is 1. The summed E-state index contributed by atoms with van der Waals surface area (Å²) in [5, 5.41) is 16.6. The van der Waals surface area contributed by atoms with Crippen LogP contribution in [0, 0.1) is 0 Å². The van der Waals surface area contributed by atoms with E-state index >= 15 is 0 Å². The van der Waals surface area contributed by atoms with E-state index in [-0.39, 0.29) is 18.4 Å². The Morgan fingerprint density at radius 1 is 1.15 bits per heavy atom. The molecule has 1 unspecified atom stereocenters. The number of nitrogens with zero attached hydrogens (tertiary/aromatic N) is 3. The molecule has 1 aliphatic heterocycles. The van der Waals surface area contributed by atoms with Crippen molar-refractivity contribution in [3.63, 3.8) is 0 Å². The molecule has 27 heavy (non-hydrogen) atoms. The number of hydrogen-bond donors (Lipinski definition) is 2. The zero-order chi connectivity index (χ0) is 18.6. The minimum absolute atomic E-state index is 0.0184. The van der Waals surface area contributed by atoms with E-state index in [1.165, 1.54) is 0 Å². The molecule has 0 bridgehead atoms. The van der Waals surface area contributed by atoms with E-state index in [1.807, 2.05) is 35.2 Å². The zero-order valence-electron chi connectivity index (χ0n) is 15.0. The number of aromatic nitrogens is 3. The monoisotopic (exact) mass is 362 g/mol. The van der Waals surface area contributed by atoms with Crippen molar-refractivity contribution in [3.05, 3.63) is 71.5 Å². The molecule has 6 nitrogen and oxygen atoms in total. The van der Waals surface area contributed by atoms with Gasteiger partial charge in [0.15, 0.2) is 5.82 Å². The van der Waals surface area contributed by atoms with Crippen LogP contribution in [0.25, 0.3) is 11.4 Å². The lowest BCUT2D eigenvalue weighted by Crippen LogP contribution is -2.39. The van der Waals surface area contributed by atoms with Crippen molar-refractivity contribution in [3.8, 4) is 11.4 Å². The van der Waals surface area contributed by atoms with E-state index in [9.17, 15) is 4.79 Å². The van der Waals surface area contributed by atoms with Crippen LogP contribution in [0.1, 0.15) is 40.5 Å². The van der Waals surface area contributed by atoms with Gasteiger partial charge in [0.25, 0.3) is 5.91 Å². The van der Waals surface area contributed by atoms with Crippen LogP contribution >= 0.6 is 0 Å². The van der Waals surface area contributed by atoms with E-state index in [4.69, 9.17) is 5.11 Å². The van der Waals surface area contributed by atoms with Crippen LogP contribution in [0.4, 0.5) is 0 Å². The van der Waals surface area contributed by atoms with Crippen LogP contribution in [0.5, 0.6) is 0 Å². The van der Waals surface area contributed by atoms with E-state index in [2.05, 4.69) is 15.2 Å². The number of amides is 1. The summed E-state index contributed by atoms with van der Waals surface area (Å²) >= 11 is 0. The number of aliphatic hydroxyl groups is 1. The number of nitrogens with one attached hydrogen (secondary N) is 1. The van der Waals surface area contributed by atoms with Gasteiger partial charge in [0.2, 0.25) is 0 Å². The SMILES string of the molecule is O=C(c1ccc(CO)cc1)N1CCCC(c2nc(-c3ccccc3)n[nH]2)C1. The summed E-state index contributed by atoms with van der Waals surface area (Å²) in [6.45, 7) is 1.36. The van der Waals surface area contributed by atoms with Crippen molar-refractivity contribution in [2.45, 2.75) is 25.4 Å². The van der Waals surface area contributed by atoms with Gasteiger partial charge in [-0.1, -0.05) is 42.5 Å². The minimum atomic E-state index is -0.0184. The van der Waals surface area contributed by atoms with Crippen LogP contribution in [-0.2, 0) is 6.61 Å². The standard InChI is InChI=1S/C21H22N4O2/c26-14-15-8-10-17(11-9-15)21(27)25-12-4-7-18(13-25)20-22-19(23-24-20)16-5-2-1-3-6-16/h1-3,5-6,8-11,18,26H,4,7,12-14H2,(H,22,23,24). The highest BCUT2D eigenvalue weighted by atomic mass is 16.3. The number of benzene rings is 2. The molecule has 1 aliphatic rings. The number of hydrogen-bond acceptors (Lipinski definition) is 4. The molecule has 1 saturated heterocycles. The van der Waals surface area contributed by atoms with Crippen molar-refractivity contribution >= 4 is 5.91 Å². The quantitative estimate of drug-likeness (QED) is 0.747. The largest absolute Gasteiger partial charge is 0.392 e. The van der Waals surface area contributed by atoms with Crippen LogP contribution in [0.3, 0.4) is 0 Å². The molecule has 1 fully saturated rings. The zero-order valence-corrected chi connectivity index (χ0v) is 15.0. The maximum Gasteiger partial charge on any atom is 0.253 e. The van der Waals surface area contributed by atoms with Gasteiger partial charge in [-0.3, -0.25) is 9.89 Å². The first-order valence-electron chi connectivity index (χ1n) is 9.21. The van der Waals surface area contributed by atoms with Gasteiger partial charge < -0.3 is 10.0 Å². The third-order valence-electron chi connectivity index (χ3n) is 5.01. The smallest absolute Gasteiger partial charge is 0.253 e. The summed E-state index contributed by atoms with van der Waals surface area (Å²) < 4.78 is 0. The van der Waals surface area contributed by atoms with Crippen molar-refractivity contribution < 1.29 is 9.90 Å². The van der Waals surface area contributed by atoms with E-state index in [0.717, 1.165) is 36.3 Å². The summed E-state index contributed by atoms with van der Waals surface area (Å²) in [5.74, 6) is 1.70. The Morgan fingerprint density at radius 3 is 2.67 bits per heavy atom. The van der Waals surface area contributed by atoms with Gasteiger partial charge in [0.1, 0.15) is 5.82 Å². The third kappa shape index (κ3) is 3.75. The van der Waals surface area contributed by atoms with Gasteiger partial charge in [-0.05, 0) is 30.5 Å². The maximum atomic E-state index is 12.8. The highest BCUT2D eigenvalue weighted by molar-refractivity contribution is 5.94. The van der Waals surface area contributed by atoms with Gasteiger partial charge in [-0.15, -0.1) is 0 Å². The molecule has 0 spiro atoms. The van der Waals surface area contributed by atoms with Crippen LogP contribution in [-0.4, -0.2) is 44.2 Å². The molecule has 2 N–H and O–H groups in total. The lowest BCUT2D eigenvalue weighted by Gasteiger charge is -2.31. The van der Waals surface area contributed by atoms with Gasteiger partial charge in [-0.25, -0.2) is 4.98 Å². The van der Waals surface area contributed by atoms with E-state index < -0.39 is 0 Å². The molecule has 2 aromatic carbocycles. The Kier molecular flexibility index (Phi) is 4.98. The number of rotatable bonds is 4. The topological polar surface area (TPSA) is 82.1 Å². The number of piperidine rings is 1. The normalized spacial score (nSPS) is 17.1. The second kappa shape index (κ2) is 7.72. The molecule has 138 valence electrons. The molecule has 1 atom stereocenters. The molecule has 2 heterocycles. The molecule has 1 aromatic heterocycles. The summed E-state index contributed by atoms with van der Waals surface area (Å²) in [6.07, 6.45) is 1.92. The molecule has 3 aromatic rings. The Bertz CT molecular complexity index is 905. The fourth-order valence-corrected chi connectivity index (χ4v) is 3.49. The average Bonchev–Trinajstić information content (AvgIpc) is 3.24. The molecular weight excluding hydrogens is 340 g/mol. The van der Waals surface area contributed by atoms with Gasteiger partial charge in [0.05, 0.1) is 6.61 Å². The predicted octanol–water partition coefficient (Wildman–Crippen LogP) is 2.98. The van der Waals surface area contributed by atoms with Crippen LogP contribution in [0.2, 0.25) is 0 Å². The summed E-state index contributed by atoms with van der Waals surface area (Å²) in [7, 11) is 0. The number of aliphatic hydroxyl groups excluding tert-OH is 1. The van der Waals surface area contributed by atoms with Crippen molar-refractivity contribution in [2.24, 2.45) is 0 Å². The minimum Gasteiger partial charge on any atom is -0.392 e. The fraction of sp³-hybridized carbons (Fsp3) is 0.286. The third-order valence-corrected chi connectivity index (χ3v) is 5.01. The number of H-pyrrole nitrogens is 1. The summed E-state index contributed by atoms with van der Waals surface area (Å²) in [5.41, 5.74) is 2.43. The lowest BCUT2D eigenvalue weighted by atomic mass is 9.96. The number of carbonyl (C=O) groups excluding carboxylic acids is 1. The molecule has 0 aliphatic carbocycles. The predicted molar refractivity (Wildman–Crippen MR) is 102 cm³/mol. The van der Waals surface area contributed by atoms with Gasteiger partial charge >= 0.3 is 0 Å². The van der Waals surface area contributed by atoms with Crippen molar-refractivity contribution in [1.82, 2.24) is 20.1 Å². The van der Waals surface area contributed by atoms with Gasteiger partial charge in [0, 0.05) is 30.1 Å². The maximum absolute atomic E-state index is 12.8. The Balaban J connectivity index is 1.48. The van der Waals surface area contributed by atoms with Crippen LogP contribution in [0.15, 0.2) is 54.6 Å². The fourth-order valence-electron chi connectivity index (χ4n) is 3.49. The lowest BCUT2D eigenvalue weighted by molar-refractivity contribution is 0.0704. The van der Waals surface area contributed by atoms with Crippen molar-refractivity contribution in [2.75, 3.05) is 13.1 Å². The van der Waals surface area contributed by atoms with Gasteiger partial charge in [-0.2, -0.15) is 5.10 Å². The van der Waals surface area contributed by atoms with Crippen molar-refractivity contribution in [1.29, 1.82) is 0 Å². The molecule has 6 heteroatoms. The number of aromatic amines is 1. The summed E-state index contributed by atoms with van der Waals surface area (Å²) in [4.78, 5) is 19.4. The molecule has 0 radical (unpaired) electrons. The first-order valence-corrected chi connectivity index (χ1v) is 9.21. The highest BCUT2D eigenvalue weighted by Crippen LogP contribution is 2.27. The molecule has 1 amide bonds. The molecule has 4 rings (SSSR count). The molecule has 0 saturated carbocycles. The average molecular weight is 362 g/mol. The first kappa shape index (κ1) is 17.4. The van der Waals surface area contributed by atoms with E-state index in [1.54, 1.807) is 24.3 Å². The summed E-state index contributed by atoms with van der Waals surface area (Å²) in [6, 6.07) is 17.0. The molecular formula is C21H22N4O2. The van der Waals surface area contributed by atoms with E-state index in [0.29, 0.717) is 17.9 Å². The first-order chi connectivity index (χ1) is 13.2.